The van der Waals surface area contributed by atoms with Gasteiger partial charge < -0.3 is 0 Å². The van der Waals surface area contributed by atoms with E-state index < -0.39 is 7.94 Å². The molecule has 0 saturated carbocycles. The maximum atomic E-state index is 6.85. The Kier molecular flexibility index (Phi) is 7.77. The molecule has 2 aromatic rings. The van der Waals surface area contributed by atoms with Crippen molar-refractivity contribution >= 4 is 19.0 Å². The fraction of sp³-hybridized carbons (Fsp3) is 0.667. The molecule has 0 aliphatic carbocycles. The summed E-state index contributed by atoms with van der Waals surface area (Å²) in [5.41, 5.74) is 1.77. The summed E-state index contributed by atoms with van der Waals surface area (Å²) in [7, 11) is -2.65. The first-order valence-corrected chi connectivity index (χ1v) is 11.6. The maximum absolute atomic E-state index is 6.85. The van der Waals surface area contributed by atoms with Crippen molar-refractivity contribution in [3.05, 3.63) is 24.3 Å². The summed E-state index contributed by atoms with van der Waals surface area (Å²) in [6.45, 7) is 18.9. The van der Waals surface area contributed by atoms with Gasteiger partial charge in [0.1, 0.15) is 0 Å². The van der Waals surface area contributed by atoms with Crippen LogP contribution >= 0.6 is 7.94 Å². The second-order valence-corrected chi connectivity index (χ2v) is 9.36. The predicted molar refractivity (Wildman–Crippen MR) is 111 cm³/mol. The summed E-state index contributed by atoms with van der Waals surface area (Å²) in [6.07, 6.45) is 0. The van der Waals surface area contributed by atoms with Gasteiger partial charge in [0.05, 0.1) is 0 Å². The van der Waals surface area contributed by atoms with E-state index in [2.05, 4.69) is 65.9 Å². The minimum absolute atomic E-state index is 0.856. The topological polar surface area (TPSA) is 49.7 Å². The molecule has 0 unspecified atom stereocenters. The molecule has 8 heteroatoms. The Bertz CT molecular complexity index is 635. The summed E-state index contributed by atoms with van der Waals surface area (Å²) in [4.78, 5) is 1.65. The van der Waals surface area contributed by atoms with Crippen LogP contribution in [0.3, 0.4) is 0 Å². The Labute approximate surface area is 158 Å². The minimum atomic E-state index is -2.65. The first kappa shape index (κ1) is 21.0. The number of rotatable bonds is 11. The average molecular weight is 382 g/mol. The van der Waals surface area contributed by atoms with Gasteiger partial charge in [-0.15, -0.1) is 0 Å². The second kappa shape index (κ2) is 9.60. The zero-order valence-corrected chi connectivity index (χ0v) is 18.1. The summed E-state index contributed by atoms with van der Waals surface area (Å²) >= 11 is 0. The van der Waals surface area contributed by atoms with Crippen LogP contribution in [0.4, 0.5) is 0 Å². The number of aromatic nitrogens is 3. The van der Waals surface area contributed by atoms with Crippen LogP contribution in [0.1, 0.15) is 41.5 Å². The monoisotopic (exact) mass is 382 g/mol. The fourth-order valence-electron chi connectivity index (χ4n) is 3.71. The van der Waals surface area contributed by atoms with E-state index in [0.29, 0.717) is 0 Å². The molecular weight excluding hydrogens is 347 g/mol. The van der Waals surface area contributed by atoms with E-state index in [4.69, 9.17) is 4.62 Å². The second-order valence-electron chi connectivity index (χ2n) is 6.13. The molecule has 0 saturated heterocycles. The number of para-hydroxylation sites is 1. The molecular formula is C18H35N6OP. The molecule has 2 rings (SSSR count). The van der Waals surface area contributed by atoms with Crippen LogP contribution < -0.4 is 4.62 Å². The first-order valence-electron chi connectivity index (χ1n) is 9.87. The van der Waals surface area contributed by atoms with Crippen LogP contribution in [0.2, 0.25) is 0 Å². The normalized spacial score (nSPS) is 13.3. The summed E-state index contributed by atoms with van der Waals surface area (Å²) in [5.74, 6) is 0. The van der Waals surface area contributed by atoms with Gasteiger partial charge in [0, 0.05) is 0 Å². The van der Waals surface area contributed by atoms with Crippen molar-refractivity contribution in [2.45, 2.75) is 41.5 Å². The molecule has 0 bridgehead atoms. The standard InChI is InChI=1S/C18H35N6OP/c1-7-21(8-2)26(22(9-3)10-4,23(11-5)12-6)25-24-18-16-14-13-15-17(18)19-20-24/h13-16,26H,7-12H2,1-6H3. The molecule has 1 aromatic carbocycles. The molecule has 0 fully saturated rings. The average Bonchev–Trinajstić information content (AvgIpc) is 3.07. The van der Waals surface area contributed by atoms with Gasteiger partial charge in [0.15, 0.2) is 0 Å². The van der Waals surface area contributed by atoms with E-state index in [0.717, 1.165) is 50.3 Å². The summed E-state index contributed by atoms with van der Waals surface area (Å²) < 4.78 is 14.3. The SMILES string of the molecule is CCN(CC)[PH](On1nnc2ccccc21)(N(CC)CC)N(CC)CC. The zero-order valence-electron chi connectivity index (χ0n) is 17.1. The van der Waals surface area contributed by atoms with Crippen molar-refractivity contribution in [3.8, 4) is 0 Å². The molecule has 148 valence electrons. The van der Waals surface area contributed by atoms with Crippen LogP contribution in [0.15, 0.2) is 24.3 Å². The third kappa shape index (κ3) is 3.72. The van der Waals surface area contributed by atoms with Gasteiger partial charge in [-0.25, -0.2) is 0 Å². The van der Waals surface area contributed by atoms with E-state index in [9.17, 15) is 0 Å². The fourth-order valence-corrected chi connectivity index (χ4v) is 8.10. The van der Waals surface area contributed by atoms with Gasteiger partial charge in [-0.3, -0.25) is 0 Å². The van der Waals surface area contributed by atoms with Crippen molar-refractivity contribution in [3.63, 3.8) is 0 Å². The number of benzene rings is 1. The van der Waals surface area contributed by atoms with Crippen molar-refractivity contribution in [1.29, 1.82) is 0 Å². The Balaban J connectivity index is 2.63. The number of hydrogen-bond acceptors (Lipinski definition) is 6. The van der Waals surface area contributed by atoms with Gasteiger partial charge in [0.2, 0.25) is 0 Å². The van der Waals surface area contributed by atoms with Crippen LogP contribution in [0, 0.1) is 0 Å². The number of nitrogens with zero attached hydrogens (tertiary/aromatic N) is 6. The van der Waals surface area contributed by atoms with Crippen molar-refractivity contribution < 1.29 is 4.62 Å². The van der Waals surface area contributed by atoms with E-state index >= 15 is 0 Å². The van der Waals surface area contributed by atoms with Gasteiger partial charge in [0.25, 0.3) is 0 Å². The van der Waals surface area contributed by atoms with Gasteiger partial charge in [-0.05, 0) is 0 Å². The molecule has 1 aromatic heterocycles. The van der Waals surface area contributed by atoms with Crippen LogP contribution in [-0.2, 0) is 0 Å². The zero-order chi connectivity index (χ0) is 19.2. The Morgan fingerprint density at radius 2 is 1.27 bits per heavy atom. The molecule has 0 spiro atoms. The molecule has 0 radical (unpaired) electrons. The number of fused-ring (bicyclic) bond motifs is 1. The van der Waals surface area contributed by atoms with Gasteiger partial charge in [-0.2, -0.15) is 0 Å². The molecule has 1 heterocycles. The molecule has 0 aliphatic heterocycles. The third-order valence-corrected chi connectivity index (χ3v) is 9.84. The quantitative estimate of drug-likeness (QED) is 0.556. The Hall–Kier alpha value is -1.27. The molecule has 0 aliphatic rings. The van der Waals surface area contributed by atoms with E-state index in [1.807, 2.05) is 24.3 Å². The van der Waals surface area contributed by atoms with Crippen molar-refractivity contribution in [1.82, 2.24) is 29.2 Å². The molecule has 0 atom stereocenters. The van der Waals surface area contributed by atoms with Crippen LogP contribution in [-0.4, -0.2) is 68.4 Å². The van der Waals surface area contributed by atoms with E-state index in [-0.39, 0.29) is 0 Å². The van der Waals surface area contributed by atoms with E-state index in [1.165, 1.54) is 0 Å². The molecule has 7 nitrogen and oxygen atoms in total. The van der Waals surface area contributed by atoms with Gasteiger partial charge >= 0.3 is 158 Å². The Morgan fingerprint density at radius 1 is 0.808 bits per heavy atom. The predicted octanol–water partition coefficient (Wildman–Crippen LogP) is 3.30. The van der Waals surface area contributed by atoms with Gasteiger partial charge in [-0.1, -0.05) is 0 Å². The molecule has 0 amide bonds. The molecule has 26 heavy (non-hydrogen) atoms. The van der Waals surface area contributed by atoms with Crippen LogP contribution in [0.25, 0.3) is 11.0 Å². The first-order chi connectivity index (χ1) is 12.6. The van der Waals surface area contributed by atoms with Crippen LogP contribution in [0.5, 0.6) is 0 Å². The summed E-state index contributed by atoms with van der Waals surface area (Å²) in [5, 5.41) is 8.62. The molecule has 0 N–H and O–H groups in total. The van der Waals surface area contributed by atoms with Crippen molar-refractivity contribution in [2.75, 3.05) is 39.3 Å². The third-order valence-electron chi connectivity index (χ3n) is 5.06. The summed E-state index contributed by atoms with van der Waals surface area (Å²) in [6, 6.07) is 7.96. The Morgan fingerprint density at radius 3 is 1.73 bits per heavy atom. The van der Waals surface area contributed by atoms with Crippen molar-refractivity contribution in [2.24, 2.45) is 0 Å². The number of hydrogen-bond donors (Lipinski definition) is 0. The van der Waals surface area contributed by atoms with E-state index in [1.54, 1.807) is 4.85 Å².